The molecule has 0 aromatic carbocycles. The summed E-state index contributed by atoms with van der Waals surface area (Å²) in [5.74, 6) is -0.350. The molecule has 25 heavy (non-hydrogen) atoms. The third-order valence-corrected chi connectivity index (χ3v) is 4.63. The van der Waals surface area contributed by atoms with Crippen molar-refractivity contribution in [2.45, 2.75) is 52.7 Å². The van der Waals surface area contributed by atoms with Gasteiger partial charge in [0.2, 0.25) is 5.91 Å². The molecular weight excluding hydrogens is 320 g/mol. The van der Waals surface area contributed by atoms with Gasteiger partial charge in [-0.25, -0.2) is 0 Å². The Morgan fingerprint density at radius 3 is 2.64 bits per heavy atom. The molecule has 1 atom stereocenters. The maximum atomic E-state index is 13.0. The van der Waals surface area contributed by atoms with E-state index in [0.29, 0.717) is 16.8 Å². The van der Waals surface area contributed by atoms with Crippen LogP contribution in [0.2, 0.25) is 0 Å². The highest BCUT2D eigenvalue weighted by atomic mass is 16.2. The Kier molecular flexibility index (Phi) is 6.00. The minimum absolute atomic E-state index is 0.00365. The first-order valence-electron chi connectivity index (χ1n) is 8.70. The average molecular weight is 348 g/mol. The van der Waals surface area contributed by atoms with Gasteiger partial charge in [-0.05, 0) is 46.2 Å². The molecule has 0 spiro atoms. The van der Waals surface area contributed by atoms with E-state index in [1.807, 2.05) is 13.8 Å². The van der Waals surface area contributed by atoms with Crippen molar-refractivity contribution in [3.05, 3.63) is 33.2 Å². The molecule has 2 rings (SSSR count). The fourth-order valence-electron chi connectivity index (χ4n) is 3.26. The molecular formula is C18H28N4O3. The van der Waals surface area contributed by atoms with Gasteiger partial charge in [0.1, 0.15) is 6.54 Å². The third kappa shape index (κ3) is 4.28. The highest BCUT2D eigenvalue weighted by Crippen LogP contribution is 2.17. The zero-order chi connectivity index (χ0) is 18.7. The summed E-state index contributed by atoms with van der Waals surface area (Å²) in [6, 6.07) is 1.58. The van der Waals surface area contributed by atoms with Crippen LogP contribution in [0.5, 0.6) is 0 Å². The van der Waals surface area contributed by atoms with Crippen molar-refractivity contribution < 1.29 is 9.59 Å². The Morgan fingerprint density at radius 1 is 1.40 bits per heavy atom. The number of likely N-dealkylation sites (N-methyl/N-ethyl adjacent to an activating group) is 1. The standard InChI is InChI=1S/C18H28N4O3/c1-11(2)20-15(23)10-22-13(4)17(12(3)8-16(22)24)18(25)21(5)14-6-7-19-9-14/h8,11,14,19H,6-7,9-10H2,1-5H3,(H,20,23). The Bertz CT molecular complexity index is 718. The number of amides is 2. The highest BCUT2D eigenvalue weighted by Gasteiger charge is 2.27. The fraction of sp³-hybridized carbons (Fsp3) is 0.611. The summed E-state index contributed by atoms with van der Waals surface area (Å²) >= 11 is 0. The van der Waals surface area contributed by atoms with Crippen LogP contribution in [-0.2, 0) is 11.3 Å². The van der Waals surface area contributed by atoms with Gasteiger partial charge in [-0.1, -0.05) is 0 Å². The number of aromatic nitrogens is 1. The molecule has 1 aliphatic rings. The van der Waals surface area contributed by atoms with Crippen molar-refractivity contribution in [1.29, 1.82) is 0 Å². The van der Waals surface area contributed by atoms with Crippen LogP contribution in [0.3, 0.4) is 0 Å². The van der Waals surface area contributed by atoms with Crippen LogP contribution in [0, 0.1) is 13.8 Å². The third-order valence-electron chi connectivity index (χ3n) is 4.63. The molecule has 0 saturated carbocycles. The van der Waals surface area contributed by atoms with E-state index in [2.05, 4.69) is 10.6 Å². The second-order valence-electron chi connectivity index (χ2n) is 7.00. The number of pyridine rings is 1. The number of nitrogens with zero attached hydrogens (tertiary/aromatic N) is 2. The quantitative estimate of drug-likeness (QED) is 0.808. The van der Waals surface area contributed by atoms with Gasteiger partial charge in [0.25, 0.3) is 11.5 Å². The molecule has 1 saturated heterocycles. The lowest BCUT2D eigenvalue weighted by Gasteiger charge is -2.26. The number of hydrogen-bond acceptors (Lipinski definition) is 4. The number of rotatable bonds is 5. The van der Waals surface area contributed by atoms with Crippen LogP contribution in [0.25, 0.3) is 0 Å². The first-order valence-corrected chi connectivity index (χ1v) is 8.70. The zero-order valence-corrected chi connectivity index (χ0v) is 15.7. The summed E-state index contributed by atoms with van der Waals surface area (Å²) in [5, 5.41) is 6.03. The van der Waals surface area contributed by atoms with E-state index in [4.69, 9.17) is 0 Å². The van der Waals surface area contributed by atoms with Crippen LogP contribution in [0.1, 0.15) is 41.9 Å². The molecule has 7 nitrogen and oxygen atoms in total. The first-order chi connectivity index (χ1) is 11.7. The van der Waals surface area contributed by atoms with Crippen molar-refractivity contribution in [3.63, 3.8) is 0 Å². The normalized spacial score (nSPS) is 17.0. The van der Waals surface area contributed by atoms with Crippen molar-refractivity contribution in [2.75, 3.05) is 20.1 Å². The van der Waals surface area contributed by atoms with Crippen molar-refractivity contribution in [1.82, 2.24) is 20.1 Å². The monoisotopic (exact) mass is 348 g/mol. The molecule has 1 unspecified atom stereocenters. The van der Waals surface area contributed by atoms with Gasteiger partial charge >= 0.3 is 0 Å². The second-order valence-corrected chi connectivity index (χ2v) is 7.00. The zero-order valence-electron chi connectivity index (χ0n) is 15.7. The van der Waals surface area contributed by atoms with Gasteiger partial charge < -0.3 is 20.1 Å². The van der Waals surface area contributed by atoms with Crippen molar-refractivity contribution >= 4 is 11.8 Å². The van der Waals surface area contributed by atoms with Gasteiger partial charge in [-0.15, -0.1) is 0 Å². The van der Waals surface area contributed by atoms with Crippen LogP contribution >= 0.6 is 0 Å². The molecule has 1 fully saturated rings. The number of carbonyl (C=O) groups excluding carboxylic acids is 2. The topological polar surface area (TPSA) is 83.4 Å². The molecule has 2 heterocycles. The number of nitrogens with one attached hydrogen (secondary N) is 2. The maximum Gasteiger partial charge on any atom is 0.255 e. The Morgan fingerprint density at radius 2 is 2.08 bits per heavy atom. The van der Waals surface area contributed by atoms with Gasteiger partial charge in [-0.3, -0.25) is 14.4 Å². The highest BCUT2D eigenvalue weighted by molar-refractivity contribution is 5.96. The number of carbonyl (C=O) groups is 2. The van der Waals surface area contributed by atoms with Crippen molar-refractivity contribution in [2.24, 2.45) is 0 Å². The Balaban J connectivity index is 2.35. The van der Waals surface area contributed by atoms with E-state index < -0.39 is 0 Å². The van der Waals surface area contributed by atoms with Crippen molar-refractivity contribution in [3.8, 4) is 0 Å². The smallest absolute Gasteiger partial charge is 0.255 e. The fourth-order valence-corrected chi connectivity index (χ4v) is 3.26. The maximum absolute atomic E-state index is 13.0. The van der Waals surface area contributed by atoms with Gasteiger partial charge in [0, 0.05) is 37.4 Å². The van der Waals surface area contributed by atoms with E-state index in [0.717, 1.165) is 19.5 Å². The summed E-state index contributed by atoms with van der Waals surface area (Å²) in [4.78, 5) is 39.1. The first kappa shape index (κ1) is 19.2. The molecule has 1 aliphatic heterocycles. The largest absolute Gasteiger partial charge is 0.352 e. The van der Waals surface area contributed by atoms with Crippen LogP contribution in [0.15, 0.2) is 10.9 Å². The predicted octanol–water partition coefficient (Wildman–Crippen LogP) is 0.424. The molecule has 0 radical (unpaired) electrons. The summed E-state index contributed by atoms with van der Waals surface area (Å²) in [6.45, 7) is 8.81. The van der Waals surface area contributed by atoms with Crippen LogP contribution in [-0.4, -0.2) is 53.5 Å². The molecule has 2 amide bonds. The van der Waals surface area contributed by atoms with Gasteiger partial charge in [0.15, 0.2) is 0 Å². The van der Waals surface area contributed by atoms with Crippen LogP contribution in [0.4, 0.5) is 0 Å². The van der Waals surface area contributed by atoms with E-state index >= 15 is 0 Å². The summed E-state index contributed by atoms with van der Waals surface area (Å²) < 4.78 is 1.37. The minimum Gasteiger partial charge on any atom is -0.352 e. The number of hydrogen-bond donors (Lipinski definition) is 2. The molecule has 1 aromatic rings. The van der Waals surface area contributed by atoms with Gasteiger partial charge in [-0.2, -0.15) is 0 Å². The molecule has 0 aliphatic carbocycles. The van der Waals surface area contributed by atoms with E-state index in [9.17, 15) is 14.4 Å². The average Bonchev–Trinajstić information content (AvgIpc) is 3.04. The summed E-state index contributed by atoms with van der Waals surface area (Å²) in [6.07, 6.45) is 0.913. The van der Waals surface area contributed by atoms with E-state index in [-0.39, 0.29) is 36.0 Å². The summed E-state index contributed by atoms with van der Waals surface area (Å²) in [5.41, 5.74) is 1.42. The SMILES string of the molecule is Cc1cc(=O)n(CC(=O)NC(C)C)c(C)c1C(=O)N(C)C1CCNC1. The second kappa shape index (κ2) is 7.82. The Labute approximate surface area is 148 Å². The molecule has 0 bridgehead atoms. The Hall–Kier alpha value is -2.15. The van der Waals surface area contributed by atoms with Crippen LogP contribution < -0.4 is 16.2 Å². The van der Waals surface area contributed by atoms with E-state index in [1.54, 1.807) is 25.8 Å². The molecule has 1 aromatic heterocycles. The predicted molar refractivity (Wildman–Crippen MR) is 96.8 cm³/mol. The molecule has 7 heteroatoms. The minimum atomic E-state index is -0.268. The molecule has 138 valence electrons. The summed E-state index contributed by atoms with van der Waals surface area (Å²) in [7, 11) is 1.79. The lowest BCUT2D eigenvalue weighted by molar-refractivity contribution is -0.122. The lowest BCUT2D eigenvalue weighted by atomic mass is 10.0. The van der Waals surface area contributed by atoms with Gasteiger partial charge in [0.05, 0.1) is 5.56 Å². The molecule has 2 N–H and O–H groups in total. The lowest BCUT2D eigenvalue weighted by Crippen LogP contribution is -2.41. The van der Waals surface area contributed by atoms with E-state index in [1.165, 1.54) is 10.6 Å². The number of aryl methyl sites for hydroxylation is 1.